The van der Waals surface area contributed by atoms with Crippen LogP contribution in [-0.4, -0.2) is 27.8 Å². The number of benzene rings is 2. The molecule has 0 radical (unpaired) electrons. The molecule has 30 heavy (non-hydrogen) atoms. The molecule has 0 unspecified atom stereocenters. The first-order valence-electron chi connectivity index (χ1n) is 9.53. The van der Waals surface area contributed by atoms with Crippen LogP contribution in [0.1, 0.15) is 31.3 Å². The number of nitrogens with zero attached hydrogens (tertiary/aromatic N) is 2. The van der Waals surface area contributed by atoms with Gasteiger partial charge in [0.1, 0.15) is 5.82 Å². The number of esters is 1. The number of aromatic nitrogens is 2. The number of rotatable bonds is 6. The molecule has 1 aromatic heterocycles. The Hall–Kier alpha value is -3.55. The van der Waals surface area contributed by atoms with Gasteiger partial charge >= 0.3 is 5.97 Å². The van der Waals surface area contributed by atoms with E-state index >= 15 is 0 Å². The Bertz CT molecular complexity index is 1140. The standard InChI is InChI=1S/C22H22FN3O4/c1-13(2)12-26-21(28)18-7-5-4-6-17(18)19(25-26)22(29)30-14(3)20(27)24-16-10-8-15(23)9-11-16/h4-11,13-14H,12H2,1-3H3,(H,24,27)/t14-/m0/s1. The highest BCUT2D eigenvalue weighted by molar-refractivity contribution is 6.03. The number of ether oxygens (including phenoxy) is 1. The van der Waals surface area contributed by atoms with Crippen molar-refractivity contribution in [3.63, 3.8) is 0 Å². The van der Waals surface area contributed by atoms with E-state index in [4.69, 9.17) is 4.74 Å². The number of hydrogen-bond acceptors (Lipinski definition) is 5. The summed E-state index contributed by atoms with van der Waals surface area (Å²) in [6, 6.07) is 11.9. The molecule has 156 valence electrons. The smallest absolute Gasteiger partial charge is 0.360 e. The monoisotopic (exact) mass is 411 g/mol. The molecule has 0 aliphatic rings. The number of carbonyl (C=O) groups excluding carboxylic acids is 2. The number of anilines is 1. The van der Waals surface area contributed by atoms with Crippen molar-refractivity contribution in [3.8, 4) is 0 Å². The zero-order chi connectivity index (χ0) is 21.8. The molecule has 1 atom stereocenters. The van der Waals surface area contributed by atoms with Gasteiger partial charge in [-0.2, -0.15) is 5.10 Å². The molecule has 0 saturated carbocycles. The van der Waals surface area contributed by atoms with Crippen molar-refractivity contribution in [2.24, 2.45) is 5.92 Å². The summed E-state index contributed by atoms with van der Waals surface area (Å²) in [6.45, 7) is 5.62. The quantitative estimate of drug-likeness (QED) is 0.628. The molecular formula is C22H22FN3O4. The van der Waals surface area contributed by atoms with Gasteiger partial charge in [-0.25, -0.2) is 13.9 Å². The minimum Gasteiger partial charge on any atom is -0.448 e. The third kappa shape index (κ3) is 4.71. The normalized spacial score (nSPS) is 12.0. The summed E-state index contributed by atoms with van der Waals surface area (Å²) in [6.07, 6.45) is -1.13. The van der Waals surface area contributed by atoms with Crippen molar-refractivity contribution < 1.29 is 18.7 Å². The topological polar surface area (TPSA) is 90.3 Å². The van der Waals surface area contributed by atoms with Crippen molar-refractivity contribution in [1.82, 2.24) is 9.78 Å². The molecule has 3 rings (SSSR count). The van der Waals surface area contributed by atoms with Crippen LogP contribution in [0.5, 0.6) is 0 Å². The Kier molecular flexibility index (Phi) is 6.25. The summed E-state index contributed by atoms with van der Waals surface area (Å²) in [5.74, 6) is -1.68. The number of fused-ring (bicyclic) bond motifs is 1. The molecule has 1 N–H and O–H groups in total. The summed E-state index contributed by atoms with van der Waals surface area (Å²) < 4.78 is 19.5. The third-order valence-corrected chi connectivity index (χ3v) is 4.36. The molecule has 1 amide bonds. The Morgan fingerprint density at radius 2 is 1.70 bits per heavy atom. The molecule has 2 aromatic carbocycles. The van der Waals surface area contributed by atoms with E-state index in [-0.39, 0.29) is 17.2 Å². The van der Waals surface area contributed by atoms with Crippen molar-refractivity contribution >= 4 is 28.3 Å². The zero-order valence-electron chi connectivity index (χ0n) is 16.9. The second-order valence-corrected chi connectivity index (χ2v) is 7.32. The van der Waals surface area contributed by atoms with Crippen LogP contribution in [0.4, 0.5) is 10.1 Å². The summed E-state index contributed by atoms with van der Waals surface area (Å²) in [4.78, 5) is 37.8. The van der Waals surface area contributed by atoms with Gasteiger partial charge in [-0.15, -0.1) is 0 Å². The number of hydrogen-bond donors (Lipinski definition) is 1. The lowest BCUT2D eigenvalue weighted by atomic mass is 10.1. The maximum atomic E-state index is 13.0. The average molecular weight is 411 g/mol. The average Bonchev–Trinajstić information content (AvgIpc) is 2.71. The van der Waals surface area contributed by atoms with Gasteiger partial charge < -0.3 is 10.1 Å². The fourth-order valence-corrected chi connectivity index (χ4v) is 2.90. The summed E-state index contributed by atoms with van der Waals surface area (Å²) in [7, 11) is 0. The Morgan fingerprint density at radius 3 is 2.33 bits per heavy atom. The van der Waals surface area contributed by atoms with Gasteiger partial charge in [-0.05, 0) is 43.2 Å². The van der Waals surface area contributed by atoms with Crippen LogP contribution in [0.2, 0.25) is 0 Å². The second kappa shape index (κ2) is 8.86. The van der Waals surface area contributed by atoms with Crippen LogP contribution >= 0.6 is 0 Å². The molecule has 0 bridgehead atoms. The van der Waals surface area contributed by atoms with Crippen LogP contribution in [-0.2, 0) is 16.1 Å². The fraction of sp³-hybridized carbons (Fsp3) is 0.273. The number of carbonyl (C=O) groups is 2. The van der Waals surface area contributed by atoms with E-state index in [0.717, 1.165) is 0 Å². The molecule has 0 fully saturated rings. The lowest BCUT2D eigenvalue weighted by Crippen LogP contribution is -2.32. The molecular weight excluding hydrogens is 389 g/mol. The summed E-state index contributed by atoms with van der Waals surface area (Å²) >= 11 is 0. The van der Waals surface area contributed by atoms with Gasteiger partial charge in [0.15, 0.2) is 11.8 Å². The molecule has 0 aliphatic heterocycles. The fourth-order valence-electron chi connectivity index (χ4n) is 2.90. The number of halogens is 1. The van der Waals surface area contributed by atoms with E-state index in [1.165, 1.54) is 35.9 Å². The lowest BCUT2D eigenvalue weighted by Gasteiger charge is -2.15. The van der Waals surface area contributed by atoms with E-state index in [0.29, 0.717) is 23.0 Å². The van der Waals surface area contributed by atoms with E-state index in [1.807, 2.05) is 13.8 Å². The Morgan fingerprint density at radius 1 is 1.07 bits per heavy atom. The van der Waals surface area contributed by atoms with Crippen molar-refractivity contribution in [3.05, 3.63) is 70.4 Å². The molecule has 7 nitrogen and oxygen atoms in total. The van der Waals surface area contributed by atoms with Gasteiger partial charge in [-0.3, -0.25) is 9.59 Å². The van der Waals surface area contributed by atoms with Crippen LogP contribution in [0.3, 0.4) is 0 Å². The second-order valence-electron chi connectivity index (χ2n) is 7.32. The maximum absolute atomic E-state index is 13.0. The van der Waals surface area contributed by atoms with Crippen LogP contribution < -0.4 is 10.9 Å². The van der Waals surface area contributed by atoms with E-state index < -0.39 is 23.8 Å². The van der Waals surface area contributed by atoms with Crippen molar-refractivity contribution in [2.45, 2.75) is 33.4 Å². The van der Waals surface area contributed by atoms with E-state index in [9.17, 15) is 18.8 Å². The van der Waals surface area contributed by atoms with Crippen LogP contribution in [0.15, 0.2) is 53.3 Å². The molecule has 0 aliphatic carbocycles. The minimum atomic E-state index is -1.13. The van der Waals surface area contributed by atoms with Crippen molar-refractivity contribution in [1.29, 1.82) is 0 Å². The highest BCUT2D eigenvalue weighted by atomic mass is 19.1. The maximum Gasteiger partial charge on any atom is 0.360 e. The molecule has 3 aromatic rings. The molecule has 1 heterocycles. The molecule has 0 saturated heterocycles. The number of amides is 1. The van der Waals surface area contributed by atoms with Crippen LogP contribution in [0.25, 0.3) is 10.8 Å². The first-order valence-corrected chi connectivity index (χ1v) is 9.53. The Balaban J connectivity index is 1.85. The molecule has 0 spiro atoms. The Labute approximate surface area is 172 Å². The SMILES string of the molecule is CC(C)Cn1nc(C(=O)O[C@@H](C)C(=O)Nc2ccc(F)cc2)c2ccccc2c1=O. The summed E-state index contributed by atoms with van der Waals surface area (Å²) in [5.41, 5.74) is 0.0450. The first-order chi connectivity index (χ1) is 14.3. The predicted octanol–water partition coefficient (Wildman–Crippen LogP) is 3.38. The highest BCUT2D eigenvalue weighted by Crippen LogP contribution is 2.16. The first kappa shape index (κ1) is 21.2. The van der Waals surface area contributed by atoms with Gasteiger partial charge in [0, 0.05) is 17.6 Å². The van der Waals surface area contributed by atoms with Gasteiger partial charge in [0.05, 0.1) is 5.39 Å². The van der Waals surface area contributed by atoms with Crippen molar-refractivity contribution in [2.75, 3.05) is 5.32 Å². The van der Waals surface area contributed by atoms with Crippen LogP contribution in [0, 0.1) is 11.7 Å². The van der Waals surface area contributed by atoms with Gasteiger partial charge in [0.25, 0.3) is 11.5 Å². The third-order valence-electron chi connectivity index (χ3n) is 4.36. The minimum absolute atomic E-state index is 0.0349. The van der Waals surface area contributed by atoms with Gasteiger partial charge in [0.2, 0.25) is 0 Å². The van der Waals surface area contributed by atoms with E-state index in [2.05, 4.69) is 10.4 Å². The van der Waals surface area contributed by atoms with E-state index in [1.54, 1.807) is 24.3 Å². The number of nitrogens with one attached hydrogen (secondary N) is 1. The summed E-state index contributed by atoms with van der Waals surface area (Å²) in [5, 5.41) is 7.46. The predicted molar refractivity (Wildman–Crippen MR) is 111 cm³/mol. The zero-order valence-corrected chi connectivity index (χ0v) is 16.9. The lowest BCUT2D eigenvalue weighted by molar-refractivity contribution is -0.123. The molecule has 8 heteroatoms. The highest BCUT2D eigenvalue weighted by Gasteiger charge is 2.23. The largest absolute Gasteiger partial charge is 0.448 e. The van der Waals surface area contributed by atoms with Gasteiger partial charge in [-0.1, -0.05) is 32.0 Å².